The van der Waals surface area contributed by atoms with Gasteiger partial charge in [-0.2, -0.15) is 5.10 Å². The summed E-state index contributed by atoms with van der Waals surface area (Å²) in [6.07, 6.45) is 3.38. The van der Waals surface area contributed by atoms with Gasteiger partial charge >= 0.3 is 0 Å². The Labute approximate surface area is 111 Å². The second-order valence-corrected chi connectivity index (χ2v) is 4.25. The van der Waals surface area contributed by atoms with Crippen LogP contribution in [0.15, 0.2) is 54.9 Å². The van der Waals surface area contributed by atoms with Crippen LogP contribution in [0.4, 0.5) is 0 Å². The van der Waals surface area contributed by atoms with Crippen molar-refractivity contribution in [3.63, 3.8) is 0 Å². The van der Waals surface area contributed by atoms with Crippen LogP contribution in [0.1, 0.15) is 5.56 Å². The van der Waals surface area contributed by atoms with E-state index in [-0.39, 0.29) is 0 Å². The average molecular weight is 248 g/mol. The van der Waals surface area contributed by atoms with Crippen molar-refractivity contribution in [2.24, 2.45) is 0 Å². The highest BCUT2D eigenvalue weighted by molar-refractivity contribution is 5.61. The van der Waals surface area contributed by atoms with E-state index >= 15 is 0 Å². The predicted octanol–water partition coefficient (Wildman–Crippen LogP) is 2.91. The lowest BCUT2D eigenvalue weighted by Crippen LogP contribution is -1.96. The number of rotatable bonds is 2. The topological polar surface area (TPSA) is 51.6 Å². The van der Waals surface area contributed by atoms with Crippen LogP contribution in [0, 0.1) is 6.92 Å². The Morgan fingerprint density at radius 3 is 2.47 bits per heavy atom. The number of aromatic nitrogens is 4. The summed E-state index contributed by atoms with van der Waals surface area (Å²) in [5.74, 6) is 0.540. The quantitative estimate of drug-likeness (QED) is 0.699. The molecule has 0 spiro atoms. The van der Waals surface area contributed by atoms with E-state index in [2.05, 4.69) is 39.2 Å². The SMILES string of the molecule is Cc1ccc(-c2cnnc(-c3ccccn3)n2)cc1. The molecule has 0 bridgehead atoms. The Bertz CT molecular complexity index is 678. The van der Waals surface area contributed by atoms with E-state index in [9.17, 15) is 0 Å². The Hall–Kier alpha value is -2.62. The van der Waals surface area contributed by atoms with Crippen molar-refractivity contribution in [1.82, 2.24) is 20.2 Å². The maximum Gasteiger partial charge on any atom is 0.200 e. The fourth-order valence-corrected chi connectivity index (χ4v) is 1.77. The highest BCUT2D eigenvalue weighted by Gasteiger charge is 2.06. The molecule has 0 fully saturated rings. The summed E-state index contributed by atoms with van der Waals surface area (Å²) >= 11 is 0. The smallest absolute Gasteiger partial charge is 0.200 e. The summed E-state index contributed by atoms with van der Waals surface area (Å²) < 4.78 is 0. The molecule has 19 heavy (non-hydrogen) atoms. The number of nitrogens with zero attached hydrogens (tertiary/aromatic N) is 4. The normalized spacial score (nSPS) is 10.4. The molecule has 0 atom stereocenters. The van der Waals surface area contributed by atoms with Gasteiger partial charge in [0.05, 0.1) is 11.9 Å². The van der Waals surface area contributed by atoms with Gasteiger partial charge in [0.15, 0.2) is 0 Å². The first-order valence-electron chi connectivity index (χ1n) is 6.01. The minimum atomic E-state index is 0.540. The van der Waals surface area contributed by atoms with Gasteiger partial charge in [0.2, 0.25) is 5.82 Å². The van der Waals surface area contributed by atoms with E-state index in [4.69, 9.17) is 0 Å². The van der Waals surface area contributed by atoms with E-state index in [1.807, 2.05) is 30.3 Å². The molecule has 0 aliphatic heterocycles. The third kappa shape index (κ3) is 2.47. The van der Waals surface area contributed by atoms with E-state index in [1.54, 1.807) is 12.4 Å². The third-order valence-corrected chi connectivity index (χ3v) is 2.80. The summed E-state index contributed by atoms with van der Waals surface area (Å²) in [4.78, 5) is 8.74. The van der Waals surface area contributed by atoms with Gasteiger partial charge in [0, 0.05) is 11.8 Å². The minimum absolute atomic E-state index is 0.540. The number of aryl methyl sites for hydroxylation is 1. The lowest BCUT2D eigenvalue weighted by molar-refractivity contribution is 0.974. The molecule has 3 rings (SSSR count). The van der Waals surface area contributed by atoms with Gasteiger partial charge in [-0.25, -0.2) is 4.98 Å². The van der Waals surface area contributed by atoms with Crippen molar-refractivity contribution in [2.45, 2.75) is 6.92 Å². The van der Waals surface area contributed by atoms with Crippen molar-refractivity contribution in [1.29, 1.82) is 0 Å². The zero-order valence-electron chi connectivity index (χ0n) is 10.5. The lowest BCUT2D eigenvalue weighted by atomic mass is 10.1. The number of benzene rings is 1. The molecule has 0 unspecified atom stereocenters. The van der Waals surface area contributed by atoms with E-state index < -0.39 is 0 Å². The van der Waals surface area contributed by atoms with Gasteiger partial charge in [-0.1, -0.05) is 35.9 Å². The number of hydrogen-bond donors (Lipinski definition) is 0. The van der Waals surface area contributed by atoms with Crippen LogP contribution in [0.2, 0.25) is 0 Å². The van der Waals surface area contributed by atoms with Gasteiger partial charge in [0.1, 0.15) is 5.69 Å². The lowest BCUT2D eigenvalue weighted by Gasteiger charge is -2.03. The fourth-order valence-electron chi connectivity index (χ4n) is 1.77. The molecule has 1 aromatic carbocycles. The van der Waals surface area contributed by atoms with E-state index in [0.717, 1.165) is 17.0 Å². The van der Waals surface area contributed by atoms with Gasteiger partial charge in [-0.15, -0.1) is 5.10 Å². The molecule has 2 aromatic heterocycles. The Morgan fingerprint density at radius 2 is 1.74 bits per heavy atom. The molecule has 0 aliphatic rings. The van der Waals surface area contributed by atoms with Crippen LogP contribution in [0.25, 0.3) is 22.8 Å². The molecule has 0 amide bonds. The summed E-state index contributed by atoms with van der Waals surface area (Å²) in [6.45, 7) is 2.06. The monoisotopic (exact) mass is 248 g/mol. The summed E-state index contributed by atoms with van der Waals surface area (Å²) in [6, 6.07) is 13.8. The van der Waals surface area contributed by atoms with Gasteiger partial charge in [-0.05, 0) is 19.1 Å². The standard InChI is InChI=1S/C15H12N4/c1-11-5-7-12(8-6-11)14-10-17-19-15(18-14)13-4-2-3-9-16-13/h2-10H,1H3. The van der Waals surface area contributed by atoms with Crippen LogP contribution >= 0.6 is 0 Å². The molecule has 4 nitrogen and oxygen atoms in total. The van der Waals surface area contributed by atoms with Crippen LogP contribution in [0.3, 0.4) is 0 Å². The molecule has 92 valence electrons. The Morgan fingerprint density at radius 1 is 0.895 bits per heavy atom. The largest absolute Gasteiger partial charge is 0.253 e. The maximum absolute atomic E-state index is 4.51. The Balaban J connectivity index is 2.03. The fraction of sp³-hybridized carbons (Fsp3) is 0.0667. The molecular weight excluding hydrogens is 236 g/mol. The average Bonchev–Trinajstić information content (AvgIpc) is 2.49. The van der Waals surface area contributed by atoms with Crippen LogP contribution in [-0.2, 0) is 0 Å². The van der Waals surface area contributed by atoms with E-state index in [1.165, 1.54) is 5.56 Å². The summed E-state index contributed by atoms with van der Waals surface area (Å²) in [7, 11) is 0. The van der Waals surface area contributed by atoms with Crippen molar-refractivity contribution in [3.8, 4) is 22.8 Å². The number of hydrogen-bond acceptors (Lipinski definition) is 4. The molecular formula is C15H12N4. The van der Waals surface area contributed by atoms with Crippen molar-refractivity contribution >= 4 is 0 Å². The molecule has 0 saturated carbocycles. The minimum Gasteiger partial charge on any atom is -0.253 e. The predicted molar refractivity (Wildman–Crippen MR) is 73.2 cm³/mol. The van der Waals surface area contributed by atoms with Gasteiger partial charge < -0.3 is 0 Å². The molecule has 0 aliphatic carbocycles. The molecule has 2 heterocycles. The van der Waals surface area contributed by atoms with E-state index in [0.29, 0.717) is 5.82 Å². The van der Waals surface area contributed by atoms with Gasteiger partial charge in [0.25, 0.3) is 0 Å². The first kappa shape index (κ1) is 11.5. The van der Waals surface area contributed by atoms with Crippen LogP contribution < -0.4 is 0 Å². The number of pyridine rings is 1. The second kappa shape index (κ2) is 4.94. The maximum atomic E-state index is 4.51. The Kier molecular flexibility index (Phi) is 2.98. The van der Waals surface area contributed by atoms with Crippen LogP contribution in [0.5, 0.6) is 0 Å². The first-order chi connectivity index (χ1) is 9.33. The zero-order chi connectivity index (χ0) is 13.1. The molecule has 4 heteroatoms. The van der Waals surface area contributed by atoms with Crippen molar-refractivity contribution in [3.05, 3.63) is 60.4 Å². The second-order valence-electron chi connectivity index (χ2n) is 4.25. The summed E-state index contributed by atoms with van der Waals surface area (Å²) in [5, 5.41) is 8.04. The van der Waals surface area contributed by atoms with Gasteiger partial charge in [-0.3, -0.25) is 4.98 Å². The third-order valence-electron chi connectivity index (χ3n) is 2.80. The van der Waals surface area contributed by atoms with Crippen molar-refractivity contribution in [2.75, 3.05) is 0 Å². The molecule has 0 N–H and O–H groups in total. The molecule has 0 radical (unpaired) electrons. The molecule has 0 saturated heterocycles. The highest BCUT2D eigenvalue weighted by Crippen LogP contribution is 2.18. The summed E-state index contributed by atoms with van der Waals surface area (Å²) in [5.41, 5.74) is 3.77. The van der Waals surface area contributed by atoms with Crippen LogP contribution in [-0.4, -0.2) is 20.2 Å². The zero-order valence-corrected chi connectivity index (χ0v) is 10.5. The van der Waals surface area contributed by atoms with Crippen molar-refractivity contribution < 1.29 is 0 Å². The molecule has 3 aromatic rings. The highest BCUT2D eigenvalue weighted by atomic mass is 15.1. The first-order valence-corrected chi connectivity index (χ1v) is 6.01.